The summed E-state index contributed by atoms with van der Waals surface area (Å²) in [7, 11) is 3.03. The molecule has 0 spiro atoms. The Labute approximate surface area is 97.3 Å². The van der Waals surface area contributed by atoms with Gasteiger partial charge in [-0.3, -0.25) is 4.79 Å². The Morgan fingerprint density at radius 2 is 2.00 bits per heavy atom. The average Bonchev–Trinajstić information content (AvgIpc) is 2.27. The van der Waals surface area contributed by atoms with Gasteiger partial charge in [0, 0.05) is 26.7 Å². The summed E-state index contributed by atoms with van der Waals surface area (Å²) in [6.45, 7) is 4.55. The molecule has 5 heteroatoms. The van der Waals surface area contributed by atoms with Crippen molar-refractivity contribution in [2.24, 2.45) is 0 Å². The van der Waals surface area contributed by atoms with Crippen LogP contribution in [0.2, 0.25) is 0 Å². The van der Waals surface area contributed by atoms with Crippen molar-refractivity contribution < 1.29 is 19.4 Å². The number of ether oxygens (including phenoxy) is 2. The van der Waals surface area contributed by atoms with E-state index >= 15 is 0 Å². The van der Waals surface area contributed by atoms with Crippen LogP contribution in [0.25, 0.3) is 0 Å². The molecule has 0 aliphatic carbocycles. The van der Waals surface area contributed by atoms with Crippen molar-refractivity contribution in [1.82, 2.24) is 4.90 Å². The van der Waals surface area contributed by atoms with E-state index in [1.165, 1.54) is 7.11 Å². The molecule has 0 heterocycles. The molecule has 0 aliphatic heterocycles. The number of methoxy groups -OCH3 is 2. The Kier molecular flexibility index (Phi) is 9.18. The smallest absolute Gasteiger partial charge is 0.306 e. The lowest BCUT2D eigenvalue weighted by atomic mass is 10.2. The van der Waals surface area contributed by atoms with Crippen molar-refractivity contribution >= 4 is 5.97 Å². The van der Waals surface area contributed by atoms with Crippen molar-refractivity contribution in [3.05, 3.63) is 0 Å². The Bertz CT molecular complexity index is 185. The van der Waals surface area contributed by atoms with Crippen LogP contribution in [0.1, 0.15) is 19.8 Å². The van der Waals surface area contributed by atoms with Crippen LogP contribution in [0.5, 0.6) is 0 Å². The molecule has 0 saturated carbocycles. The largest absolute Gasteiger partial charge is 0.469 e. The highest BCUT2D eigenvalue weighted by Gasteiger charge is 2.09. The molecular formula is C11H23NO4. The average molecular weight is 233 g/mol. The van der Waals surface area contributed by atoms with Gasteiger partial charge in [0.25, 0.3) is 0 Å². The van der Waals surface area contributed by atoms with E-state index in [9.17, 15) is 9.90 Å². The Morgan fingerprint density at radius 1 is 1.31 bits per heavy atom. The molecule has 0 rings (SSSR count). The molecule has 0 amide bonds. The van der Waals surface area contributed by atoms with Crippen molar-refractivity contribution in [1.29, 1.82) is 0 Å². The quantitative estimate of drug-likeness (QED) is 0.579. The summed E-state index contributed by atoms with van der Waals surface area (Å²) in [6.07, 6.45) is 0.758. The highest BCUT2D eigenvalue weighted by molar-refractivity contribution is 5.69. The van der Waals surface area contributed by atoms with Crippen molar-refractivity contribution in [3.63, 3.8) is 0 Å². The molecular weight excluding hydrogens is 210 g/mol. The van der Waals surface area contributed by atoms with E-state index in [0.29, 0.717) is 26.0 Å². The van der Waals surface area contributed by atoms with Crippen molar-refractivity contribution in [3.8, 4) is 0 Å². The topological polar surface area (TPSA) is 59.0 Å². The zero-order valence-electron chi connectivity index (χ0n) is 10.4. The first-order chi connectivity index (χ1) is 7.60. The molecule has 0 aromatic rings. The second-order valence-corrected chi connectivity index (χ2v) is 3.80. The van der Waals surface area contributed by atoms with Crippen LogP contribution in [0.15, 0.2) is 0 Å². The zero-order valence-corrected chi connectivity index (χ0v) is 10.4. The predicted molar refractivity (Wildman–Crippen MR) is 61.2 cm³/mol. The molecule has 0 saturated heterocycles. The third-order valence-electron chi connectivity index (χ3n) is 2.33. The maximum atomic E-state index is 11.0. The molecule has 96 valence electrons. The number of esters is 1. The minimum absolute atomic E-state index is 0.209. The van der Waals surface area contributed by atoms with E-state index < -0.39 is 0 Å². The minimum atomic E-state index is -0.317. The summed E-state index contributed by atoms with van der Waals surface area (Å²) >= 11 is 0. The van der Waals surface area contributed by atoms with Gasteiger partial charge in [0.15, 0.2) is 0 Å². The molecule has 0 aliphatic rings. The van der Waals surface area contributed by atoms with Crippen LogP contribution in [0, 0.1) is 0 Å². The lowest BCUT2D eigenvalue weighted by Gasteiger charge is -2.21. The number of rotatable bonds is 9. The van der Waals surface area contributed by atoms with Gasteiger partial charge < -0.3 is 19.5 Å². The van der Waals surface area contributed by atoms with Gasteiger partial charge in [-0.05, 0) is 13.3 Å². The first-order valence-electron chi connectivity index (χ1n) is 5.56. The van der Waals surface area contributed by atoms with Gasteiger partial charge in [-0.15, -0.1) is 0 Å². The number of hydrogen-bond acceptors (Lipinski definition) is 5. The highest BCUT2D eigenvalue weighted by atomic mass is 16.5. The second kappa shape index (κ2) is 9.57. The van der Waals surface area contributed by atoms with Crippen LogP contribution >= 0.6 is 0 Å². The van der Waals surface area contributed by atoms with E-state index in [2.05, 4.69) is 9.64 Å². The fraction of sp³-hybridized carbons (Fsp3) is 0.909. The van der Waals surface area contributed by atoms with Crippen LogP contribution in [-0.2, 0) is 14.3 Å². The fourth-order valence-corrected chi connectivity index (χ4v) is 1.28. The molecule has 0 fully saturated rings. The molecule has 5 nitrogen and oxygen atoms in total. The van der Waals surface area contributed by atoms with E-state index in [-0.39, 0.29) is 12.1 Å². The van der Waals surface area contributed by atoms with E-state index in [1.807, 2.05) is 0 Å². The van der Waals surface area contributed by atoms with Gasteiger partial charge in [-0.1, -0.05) is 0 Å². The summed E-state index contributed by atoms with van der Waals surface area (Å²) in [5.74, 6) is -0.209. The molecule has 0 radical (unpaired) electrons. The van der Waals surface area contributed by atoms with E-state index in [4.69, 9.17) is 4.74 Å². The monoisotopic (exact) mass is 233 g/mol. The van der Waals surface area contributed by atoms with Crippen molar-refractivity contribution in [2.45, 2.75) is 25.9 Å². The SMILES string of the molecule is COCCN(CCC(=O)OC)CCC(C)O. The van der Waals surface area contributed by atoms with E-state index in [0.717, 1.165) is 13.1 Å². The third-order valence-corrected chi connectivity index (χ3v) is 2.33. The Balaban J connectivity index is 3.84. The summed E-state index contributed by atoms with van der Waals surface area (Å²) in [6, 6.07) is 0. The Morgan fingerprint density at radius 3 is 2.50 bits per heavy atom. The normalized spacial score (nSPS) is 12.8. The standard InChI is InChI=1S/C11H23NO4/c1-10(13)4-6-12(8-9-15-2)7-5-11(14)16-3/h10,13H,4-9H2,1-3H3. The van der Waals surface area contributed by atoms with Crippen molar-refractivity contribution in [2.75, 3.05) is 40.5 Å². The zero-order chi connectivity index (χ0) is 12.4. The minimum Gasteiger partial charge on any atom is -0.469 e. The summed E-state index contributed by atoms with van der Waals surface area (Å²) < 4.78 is 9.58. The second-order valence-electron chi connectivity index (χ2n) is 3.80. The molecule has 0 aromatic heterocycles. The molecule has 0 bridgehead atoms. The first-order valence-corrected chi connectivity index (χ1v) is 5.56. The number of carbonyl (C=O) groups excluding carboxylic acids is 1. The highest BCUT2D eigenvalue weighted by Crippen LogP contribution is 1.98. The fourth-order valence-electron chi connectivity index (χ4n) is 1.28. The molecule has 1 unspecified atom stereocenters. The maximum absolute atomic E-state index is 11.0. The number of hydrogen-bond donors (Lipinski definition) is 1. The molecule has 1 atom stereocenters. The number of carbonyl (C=O) groups is 1. The number of aliphatic hydroxyl groups excluding tert-OH is 1. The lowest BCUT2D eigenvalue weighted by Crippen LogP contribution is -2.32. The number of aliphatic hydroxyl groups is 1. The van der Waals surface area contributed by atoms with Crippen LogP contribution < -0.4 is 0 Å². The number of nitrogens with zero attached hydrogens (tertiary/aromatic N) is 1. The molecule has 0 aromatic carbocycles. The van der Waals surface area contributed by atoms with Gasteiger partial charge in [0.05, 0.1) is 26.2 Å². The van der Waals surface area contributed by atoms with Crippen LogP contribution in [-0.4, -0.2) is 62.5 Å². The molecule has 1 N–H and O–H groups in total. The van der Waals surface area contributed by atoms with Gasteiger partial charge in [0.1, 0.15) is 0 Å². The molecule has 16 heavy (non-hydrogen) atoms. The predicted octanol–water partition coefficient (Wildman–Crippen LogP) is 0.269. The first kappa shape index (κ1) is 15.3. The third kappa shape index (κ3) is 8.64. The van der Waals surface area contributed by atoms with Gasteiger partial charge >= 0.3 is 5.97 Å². The Hall–Kier alpha value is -0.650. The summed E-state index contributed by atoms with van der Waals surface area (Å²) in [4.78, 5) is 13.1. The van der Waals surface area contributed by atoms with Gasteiger partial charge in [-0.25, -0.2) is 0 Å². The van der Waals surface area contributed by atoms with Crippen LogP contribution in [0.4, 0.5) is 0 Å². The maximum Gasteiger partial charge on any atom is 0.306 e. The van der Waals surface area contributed by atoms with Gasteiger partial charge in [-0.2, -0.15) is 0 Å². The van der Waals surface area contributed by atoms with Gasteiger partial charge in [0.2, 0.25) is 0 Å². The lowest BCUT2D eigenvalue weighted by molar-refractivity contribution is -0.141. The summed E-state index contributed by atoms with van der Waals surface area (Å²) in [5, 5.41) is 9.20. The summed E-state index contributed by atoms with van der Waals surface area (Å²) in [5.41, 5.74) is 0. The van der Waals surface area contributed by atoms with E-state index in [1.54, 1.807) is 14.0 Å². The van der Waals surface area contributed by atoms with Crippen LogP contribution in [0.3, 0.4) is 0 Å².